The number of aromatic hydroxyl groups is 2. The molecule has 0 aliphatic heterocycles. The number of aliphatic hydroxyl groups excluding tert-OH is 1. The van der Waals surface area contributed by atoms with Crippen molar-refractivity contribution in [3.63, 3.8) is 0 Å². The second-order valence-electron chi connectivity index (χ2n) is 3.72. The number of aliphatic hydroxyl groups is 1. The summed E-state index contributed by atoms with van der Waals surface area (Å²) in [6.07, 6.45) is 0. The molecular weight excluding hydrogens is 194 g/mol. The van der Waals surface area contributed by atoms with E-state index >= 15 is 0 Å². The quantitative estimate of drug-likeness (QED) is 0.602. The first kappa shape index (κ1) is 11.8. The third-order valence-corrected chi connectivity index (χ3v) is 2.29. The van der Waals surface area contributed by atoms with E-state index in [2.05, 4.69) is 5.32 Å². The molecule has 15 heavy (non-hydrogen) atoms. The van der Waals surface area contributed by atoms with Gasteiger partial charge in [0.1, 0.15) is 11.5 Å². The van der Waals surface area contributed by atoms with Gasteiger partial charge in [0, 0.05) is 23.7 Å². The number of phenols is 2. The highest BCUT2D eigenvalue weighted by Crippen LogP contribution is 2.27. The van der Waals surface area contributed by atoms with Crippen LogP contribution in [0.2, 0.25) is 0 Å². The van der Waals surface area contributed by atoms with E-state index < -0.39 is 0 Å². The second kappa shape index (κ2) is 5.00. The van der Waals surface area contributed by atoms with Gasteiger partial charge in [-0.25, -0.2) is 0 Å². The minimum Gasteiger partial charge on any atom is -0.508 e. The first-order valence-corrected chi connectivity index (χ1v) is 4.93. The summed E-state index contributed by atoms with van der Waals surface area (Å²) in [5, 5.41) is 30.7. The number of phenolic OH excluding ortho intramolecular Hbond substituents is 2. The van der Waals surface area contributed by atoms with Gasteiger partial charge in [0.2, 0.25) is 0 Å². The first-order valence-electron chi connectivity index (χ1n) is 4.93. The van der Waals surface area contributed by atoms with E-state index in [1.807, 2.05) is 13.8 Å². The molecule has 0 aliphatic carbocycles. The molecule has 84 valence electrons. The van der Waals surface area contributed by atoms with Crippen LogP contribution in [0.1, 0.15) is 25.5 Å². The normalized spacial score (nSPS) is 14.9. The molecule has 0 amide bonds. The Hall–Kier alpha value is -1.26. The van der Waals surface area contributed by atoms with Crippen LogP contribution in [0.5, 0.6) is 11.5 Å². The van der Waals surface area contributed by atoms with Gasteiger partial charge < -0.3 is 20.6 Å². The zero-order valence-corrected chi connectivity index (χ0v) is 8.94. The molecule has 0 fully saturated rings. The summed E-state index contributed by atoms with van der Waals surface area (Å²) < 4.78 is 0. The Bertz CT molecular complexity index is 328. The van der Waals surface area contributed by atoms with E-state index in [1.54, 1.807) is 6.07 Å². The fourth-order valence-electron chi connectivity index (χ4n) is 1.47. The predicted molar refractivity (Wildman–Crippen MR) is 57.9 cm³/mol. The van der Waals surface area contributed by atoms with Crippen LogP contribution in [-0.4, -0.2) is 28.0 Å². The van der Waals surface area contributed by atoms with E-state index in [0.29, 0.717) is 5.56 Å². The summed E-state index contributed by atoms with van der Waals surface area (Å²) in [5.41, 5.74) is 0.702. The lowest BCUT2D eigenvalue weighted by Gasteiger charge is -2.19. The highest BCUT2D eigenvalue weighted by Gasteiger charge is 2.12. The molecule has 4 nitrogen and oxygen atoms in total. The van der Waals surface area contributed by atoms with Crippen molar-refractivity contribution in [2.24, 2.45) is 0 Å². The predicted octanol–water partition coefficient (Wildman–Crippen LogP) is 1.13. The van der Waals surface area contributed by atoms with Crippen molar-refractivity contribution in [3.8, 4) is 11.5 Å². The molecule has 0 spiro atoms. The molecule has 0 aliphatic rings. The third-order valence-electron chi connectivity index (χ3n) is 2.29. The van der Waals surface area contributed by atoms with Crippen molar-refractivity contribution in [3.05, 3.63) is 23.8 Å². The molecule has 4 heteroatoms. The number of rotatable bonds is 4. The highest BCUT2D eigenvalue weighted by molar-refractivity contribution is 5.40. The lowest BCUT2D eigenvalue weighted by Crippen LogP contribution is -2.31. The molecule has 0 bridgehead atoms. The molecule has 4 N–H and O–H groups in total. The van der Waals surface area contributed by atoms with Crippen molar-refractivity contribution in [1.29, 1.82) is 0 Å². The lowest BCUT2D eigenvalue weighted by atomic mass is 10.1. The first-order chi connectivity index (χ1) is 7.04. The van der Waals surface area contributed by atoms with Gasteiger partial charge in [0.25, 0.3) is 0 Å². The van der Waals surface area contributed by atoms with Crippen LogP contribution < -0.4 is 5.32 Å². The van der Waals surface area contributed by atoms with Crippen molar-refractivity contribution < 1.29 is 15.3 Å². The summed E-state index contributed by atoms with van der Waals surface area (Å²) >= 11 is 0. The van der Waals surface area contributed by atoms with E-state index in [0.717, 1.165) is 0 Å². The molecule has 0 aromatic heterocycles. The van der Waals surface area contributed by atoms with Gasteiger partial charge in [-0.3, -0.25) is 0 Å². The van der Waals surface area contributed by atoms with E-state index in [9.17, 15) is 5.11 Å². The number of hydrogen-bond donors (Lipinski definition) is 4. The Morgan fingerprint density at radius 2 is 1.93 bits per heavy atom. The van der Waals surface area contributed by atoms with E-state index in [1.165, 1.54) is 12.1 Å². The minimum atomic E-state index is -0.0762. The van der Waals surface area contributed by atoms with Crippen molar-refractivity contribution in [2.45, 2.75) is 25.9 Å². The second-order valence-corrected chi connectivity index (χ2v) is 3.72. The Morgan fingerprint density at radius 1 is 1.27 bits per heavy atom. The molecule has 2 atom stereocenters. The summed E-state index contributed by atoms with van der Waals surface area (Å²) in [5.74, 6) is 0.0961. The molecule has 1 rings (SSSR count). The summed E-state index contributed by atoms with van der Waals surface area (Å²) in [7, 11) is 0. The molecule has 0 radical (unpaired) electrons. The van der Waals surface area contributed by atoms with Crippen molar-refractivity contribution >= 4 is 0 Å². The molecular formula is C11H17NO3. The Labute approximate surface area is 89.2 Å². The summed E-state index contributed by atoms with van der Waals surface area (Å²) in [6, 6.07) is 4.38. The van der Waals surface area contributed by atoms with Gasteiger partial charge >= 0.3 is 0 Å². The number of nitrogens with one attached hydrogen (secondary N) is 1. The zero-order chi connectivity index (χ0) is 11.4. The summed E-state index contributed by atoms with van der Waals surface area (Å²) in [6.45, 7) is 3.79. The Morgan fingerprint density at radius 3 is 2.47 bits per heavy atom. The molecule has 0 saturated carbocycles. The largest absolute Gasteiger partial charge is 0.508 e. The average Bonchev–Trinajstić information content (AvgIpc) is 2.17. The fraction of sp³-hybridized carbons (Fsp3) is 0.455. The fourth-order valence-corrected chi connectivity index (χ4v) is 1.47. The molecule has 1 aromatic carbocycles. The van der Waals surface area contributed by atoms with Gasteiger partial charge in [-0.05, 0) is 19.9 Å². The standard InChI is InChI=1S/C11H17NO3/c1-7(6-13)12-8(2)10-4-3-9(14)5-11(10)15/h3-5,7-8,12-15H,6H2,1-2H3/t7-,8?/m1/s1. The Balaban J connectivity index is 2.77. The van der Waals surface area contributed by atoms with Crippen molar-refractivity contribution in [2.75, 3.05) is 6.61 Å². The molecule has 0 saturated heterocycles. The maximum atomic E-state index is 9.58. The van der Waals surface area contributed by atoms with Crippen LogP contribution in [0.25, 0.3) is 0 Å². The molecule has 1 unspecified atom stereocenters. The van der Waals surface area contributed by atoms with Crippen LogP contribution in [-0.2, 0) is 0 Å². The van der Waals surface area contributed by atoms with Gasteiger partial charge in [-0.15, -0.1) is 0 Å². The van der Waals surface area contributed by atoms with Crippen molar-refractivity contribution in [1.82, 2.24) is 5.32 Å². The number of hydrogen-bond acceptors (Lipinski definition) is 4. The topological polar surface area (TPSA) is 72.7 Å². The molecule has 0 heterocycles. The van der Waals surface area contributed by atoms with Crippen LogP contribution in [0, 0.1) is 0 Å². The minimum absolute atomic E-state index is 0.0341. The van der Waals surface area contributed by atoms with Gasteiger partial charge in [0.05, 0.1) is 6.61 Å². The van der Waals surface area contributed by atoms with Crippen LogP contribution in [0.4, 0.5) is 0 Å². The van der Waals surface area contributed by atoms with Gasteiger partial charge in [0.15, 0.2) is 0 Å². The van der Waals surface area contributed by atoms with Crippen LogP contribution >= 0.6 is 0 Å². The Kier molecular flexibility index (Phi) is 3.94. The van der Waals surface area contributed by atoms with E-state index in [4.69, 9.17) is 10.2 Å². The van der Waals surface area contributed by atoms with Gasteiger partial charge in [-0.1, -0.05) is 6.07 Å². The third kappa shape index (κ3) is 3.11. The average molecular weight is 211 g/mol. The lowest BCUT2D eigenvalue weighted by molar-refractivity contribution is 0.242. The zero-order valence-electron chi connectivity index (χ0n) is 8.94. The van der Waals surface area contributed by atoms with Gasteiger partial charge in [-0.2, -0.15) is 0 Å². The SMILES string of the molecule is CC(N[C@H](C)CO)c1ccc(O)cc1O. The maximum absolute atomic E-state index is 9.58. The smallest absolute Gasteiger partial charge is 0.124 e. The number of benzene rings is 1. The highest BCUT2D eigenvalue weighted by atomic mass is 16.3. The van der Waals surface area contributed by atoms with E-state index in [-0.39, 0.29) is 30.2 Å². The van der Waals surface area contributed by atoms with Crippen LogP contribution in [0.3, 0.4) is 0 Å². The maximum Gasteiger partial charge on any atom is 0.124 e. The monoisotopic (exact) mass is 211 g/mol. The van der Waals surface area contributed by atoms with Crippen LogP contribution in [0.15, 0.2) is 18.2 Å². The summed E-state index contributed by atoms with van der Waals surface area (Å²) in [4.78, 5) is 0. The molecule has 1 aromatic rings.